The summed E-state index contributed by atoms with van der Waals surface area (Å²) in [5, 5.41) is 10.8. The van der Waals surface area contributed by atoms with Gasteiger partial charge in [-0.1, -0.05) is 12.1 Å². The molecule has 0 bridgehead atoms. The number of carboxylic acids is 1. The highest BCUT2D eigenvalue weighted by atomic mass is 19.4. The Morgan fingerprint density at radius 3 is 2.50 bits per heavy atom. The number of hydrogen-bond acceptors (Lipinski definition) is 6. The van der Waals surface area contributed by atoms with Crippen molar-refractivity contribution >= 4 is 17.7 Å². The fraction of sp³-hybridized carbons (Fsp3) is 0.522. The van der Waals surface area contributed by atoms with Crippen molar-refractivity contribution in [3.63, 3.8) is 0 Å². The van der Waals surface area contributed by atoms with Crippen molar-refractivity contribution in [2.45, 2.75) is 50.2 Å². The molecule has 5 rings (SSSR count). The van der Waals surface area contributed by atoms with Gasteiger partial charge in [0.1, 0.15) is 11.6 Å². The van der Waals surface area contributed by atoms with Gasteiger partial charge in [-0.2, -0.15) is 18.2 Å². The summed E-state index contributed by atoms with van der Waals surface area (Å²) in [5.41, 5.74) is 9.60. The summed E-state index contributed by atoms with van der Waals surface area (Å²) in [6.07, 6.45) is 0.311. The van der Waals surface area contributed by atoms with Gasteiger partial charge in [-0.15, -0.1) is 0 Å². The Kier molecular flexibility index (Phi) is 6.92. The number of nitrogen functional groups attached to an aromatic ring is 1. The van der Waals surface area contributed by atoms with Crippen LogP contribution in [0.5, 0.6) is 0 Å². The number of halogens is 4. The highest BCUT2D eigenvalue weighted by Crippen LogP contribution is 2.38. The zero-order valence-electron chi connectivity index (χ0n) is 18.5. The second kappa shape index (κ2) is 9.73. The second-order valence-electron chi connectivity index (χ2n) is 8.99. The lowest BCUT2D eigenvalue weighted by molar-refractivity contribution is -0.192. The van der Waals surface area contributed by atoms with Gasteiger partial charge in [-0.25, -0.2) is 14.2 Å². The number of nitrogens with one attached hydrogen (secondary N) is 1. The topological polar surface area (TPSA) is 104 Å². The lowest BCUT2D eigenvalue weighted by atomic mass is 9.82. The fourth-order valence-corrected chi connectivity index (χ4v) is 5.12. The molecule has 3 atom stereocenters. The molecule has 4 N–H and O–H groups in total. The summed E-state index contributed by atoms with van der Waals surface area (Å²) in [6.45, 7) is 3.19. The van der Waals surface area contributed by atoms with Gasteiger partial charge < -0.3 is 21.1 Å². The molecule has 34 heavy (non-hydrogen) atoms. The summed E-state index contributed by atoms with van der Waals surface area (Å²) in [4.78, 5) is 20.5. The number of nitrogens with two attached hydrogens (primary N) is 1. The van der Waals surface area contributed by atoms with E-state index >= 15 is 0 Å². The summed E-state index contributed by atoms with van der Waals surface area (Å²) < 4.78 is 45.0. The molecule has 3 heterocycles. The fourth-order valence-electron chi connectivity index (χ4n) is 5.12. The Balaban J connectivity index is 0.000000344. The van der Waals surface area contributed by atoms with Crippen molar-refractivity contribution in [2.75, 3.05) is 30.3 Å². The lowest BCUT2D eigenvalue weighted by Crippen LogP contribution is -2.40. The first-order valence-electron chi connectivity index (χ1n) is 11.3. The lowest BCUT2D eigenvalue weighted by Gasteiger charge is -2.29. The minimum Gasteiger partial charge on any atom is -0.475 e. The van der Waals surface area contributed by atoms with E-state index in [-0.39, 0.29) is 5.82 Å². The number of anilines is 2. The summed E-state index contributed by atoms with van der Waals surface area (Å²) in [5.74, 6) is -0.456. The van der Waals surface area contributed by atoms with E-state index < -0.39 is 12.1 Å². The molecular weight excluding hydrogens is 454 g/mol. The number of fused-ring (bicyclic) bond motifs is 2. The molecule has 2 saturated heterocycles. The standard InChI is InChI=1S/C21H26FN5.C2HF3O2/c22-16-6-3-13(4-7-16)14-5-8-17-18(10-14)25-21(23)26-20(17)27-11-15-2-1-9-24-19(15)12-27;3-2(4,5)1(6)7/h3-4,6-7,14-15,19,24H,1-2,5,8-12H2,(H2,23,25,26);(H,6,7)/t14?,15-,19+;/m1./s1. The maximum Gasteiger partial charge on any atom is 0.490 e. The minimum absolute atomic E-state index is 0.187. The van der Waals surface area contributed by atoms with E-state index in [1.807, 2.05) is 12.1 Å². The molecule has 1 unspecified atom stereocenters. The van der Waals surface area contributed by atoms with E-state index in [1.54, 1.807) is 12.1 Å². The normalized spacial score (nSPS) is 24.0. The molecule has 1 aromatic carbocycles. The van der Waals surface area contributed by atoms with E-state index in [2.05, 4.69) is 20.2 Å². The smallest absolute Gasteiger partial charge is 0.475 e. The Bertz CT molecular complexity index is 1020. The number of piperidine rings is 1. The van der Waals surface area contributed by atoms with Crippen LogP contribution in [0.1, 0.15) is 42.0 Å². The molecule has 2 fully saturated rings. The monoisotopic (exact) mass is 481 g/mol. The zero-order chi connectivity index (χ0) is 24.5. The first kappa shape index (κ1) is 24.2. The van der Waals surface area contributed by atoms with Crippen molar-refractivity contribution in [1.29, 1.82) is 0 Å². The Hall–Kier alpha value is -2.95. The second-order valence-corrected chi connectivity index (χ2v) is 8.99. The molecule has 1 aliphatic carbocycles. The van der Waals surface area contributed by atoms with Gasteiger partial charge in [-0.05, 0) is 68.2 Å². The SMILES string of the molecule is Nc1nc2c(c(N3C[C@H]4CCCN[C@H]4C3)n1)CCC(c1ccc(F)cc1)C2.O=C(O)C(F)(F)F. The number of nitrogens with zero attached hydrogens (tertiary/aromatic N) is 3. The number of alkyl halides is 3. The highest BCUT2D eigenvalue weighted by molar-refractivity contribution is 5.73. The van der Waals surface area contributed by atoms with E-state index in [0.29, 0.717) is 23.8 Å². The molecule has 3 aliphatic rings. The largest absolute Gasteiger partial charge is 0.490 e. The third kappa shape index (κ3) is 5.40. The van der Waals surface area contributed by atoms with E-state index in [9.17, 15) is 17.6 Å². The summed E-state index contributed by atoms with van der Waals surface area (Å²) in [6, 6.07) is 7.45. The molecule has 0 spiro atoms. The van der Waals surface area contributed by atoms with Crippen LogP contribution in [0, 0.1) is 11.7 Å². The van der Waals surface area contributed by atoms with Crippen LogP contribution in [0.25, 0.3) is 0 Å². The van der Waals surface area contributed by atoms with Gasteiger partial charge in [0.15, 0.2) is 0 Å². The molecule has 184 valence electrons. The Morgan fingerprint density at radius 1 is 1.15 bits per heavy atom. The van der Waals surface area contributed by atoms with Crippen molar-refractivity contribution in [3.05, 3.63) is 46.9 Å². The average Bonchev–Trinajstić information content (AvgIpc) is 3.22. The van der Waals surface area contributed by atoms with Gasteiger partial charge >= 0.3 is 12.1 Å². The third-order valence-electron chi connectivity index (χ3n) is 6.75. The van der Waals surface area contributed by atoms with Crippen LogP contribution >= 0.6 is 0 Å². The van der Waals surface area contributed by atoms with Crippen LogP contribution in [0.3, 0.4) is 0 Å². The van der Waals surface area contributed by atoms with Crippen LogP contribution in [0.2, 0.25) is 0 Å². The predicted octanol–water partition coefficient (Wildman–Crippen LogP) is 3.29. The van der Waals surface area contributed by atoms with Gasteiger partial charge in [-0.3, -0.25) is 0 Å². The molecule has 0 radical (unpaired) electrons. The van der Waals surface area contributed by atoms with Gasteiger partial charge in [0, 0.05) is 24.7 Å². The summed E-state index contributed by atoms with van der Waals surface area (Å²) >= 11 is 0. The van der Waals surface area contributed by atoms with Gasteiger partial charge in [0.2, 0.25) is 5.95 Å². The number of hydrogen-bond donors (Lipinski definition) is 3. The number of carboxylic acid groups (broad SMARTS) is 1. The van der Waals surface area contributed by atoms with Crippen molar-refractivity contribution in [1.82, 2.24) is 15.3 Å². The molecule has 2 aliphatic heterocycles. The maximum absolute atomic E-state index is 13.2. The van der Waals surface area contributed by atoms with Crippen LogP contribution < -0.4 is 16.0 Å². The van der Waals surface area contributed by atoms with Crippen LogP contribution in [0.15, 0.2) is 24.3 Å². The average molecular weight is 481 g/mol. The minimum atomic E-state index is -5.08. The predicted molar refractivity (Wildman–Crippen MR) is 118 cm³/mol. The number of aromatic nitrogens is 2. The van der Waals surface area contributed by atoms with Crippen LogP contribution in [-0.4, -0.2) is 52.9 Å². The summed E-state index contributed by atoms with van der Waals surface area (Å²) in [7, 11) is 0. The Labute approximate surface area is 194 Å². The third-order valence-corrected chi connectivity index (χ3v) is 6.75. The number of rotatable bonds is 2. The van der Waals surface area contributed by atoms with Crippen LogP contribution in [0.4, 0.5) is 29.3 Å². The van der Waals surface area contributed by atoms with Crippen molar-refractivity contribution in [3.8, 4) is 0 Å². The molecular formula is C23H27F4N5O2. The first-order valence-corrected chi connectivity index (χ1v) is 11.3. The Morgan fingerprint density at radius 2 is 1.85 bits per heavy atom. The van der Waals surface area contributed by atoms with Crippen LogP contribution in [-0.2, 0) is 17.6 Å². The van der Waals surface area contributed by atoms with Gasteiger partial charge in [0.05, 0.1) is 5.69 Å². The first-order chi connectivity index (χ1) is 16.1. The van der Waals surface area contributed by atoms with Crippen molar-refractivity contribution < 1.29 is 27.5 Å². The molecule has 11 heteroatoms. The van der Waals surface area contributed by atoms with Gasteiger partial charge in [0.25, 0.3) is 0 Å². The molecule has 1 aromatic heterocycles. The highest BCUT2D eigenvalue weighted by Gasteiger charge is 2.38. The molecule has 0 amide bonds. The van der Waals surface area contributed by atoms with E-state index in [1.165, 1.54) is 24.0 Å². The number of aliphatic carboxylic acids is 1. The number of benzene rings is 1. The van der Waals surface area contributed by atoms with E-state index in [4.69, 9.17) is 15.6 Å². The van der Waals surface area contributed by atoms with Crippen molar-refractivity contribution in [2.24, 2.45) is 5.92 Å². The molecule has 2 aromatic rings. The molecule has 7 nitrogen and oxygen atoms in total. The molecule has 0 saturated carbocycles. The maximum atomic E-state index is 13.2. The van der Waals surface area contributed by atoms with E-state index in [0.717, 1.165) is 50.4 Å². The quantitative estimate of drug-likeness (QED) is 0.566. The number of carbonyl (C=O) groups is 1. The zero-order valence-corrected chi connectivity index (χ0v) is 18.5.